The average molecular weight is 423 g/mol. The van der Waals surface area contributed by atoms with Gasteiger partial charge < -0.3 is 10.1 Å². The maximum atomic E-state index is 13.9. The van der Waals surface area contributed by atoms with Crippen LogP contribution in [-0.4, -0.2) is 27.5 Å². The number of benzene rings is 2. The Kier molecular flexibility index (Phi) is 6.89. The number of ether oxygens (including phenoxy) is 1. The maximum Gasteiger partial charge on any atom is 0.252 e. The minimum Gasteiger partial charge on any atom is -0.495 e. The van der Waals surface area contributed by atoms with Crippen molar-refractivity contribution in [2.24, 2.45) is 0 Å². The molecule has 0 aliphatic carbocycles. The van der Waals surface area contributed by atoms with Gasteiger partial charge in [-0.1, -0.05) is 6.07 Å². The summed E-state index contributed by atoms with van der Waals surface area (Å²) in [7, 11) is -2.69. The van der Waals surface area contributed by atoms with Crippen molar-refractivity contribution in [3.8, 4) is 11.8 Å². The Hall–Kier alpha value is -3.03. The van der Waals surface area contributed by atoms with Gasteiger partial charge in [-0.15, -0.1) is 0 Å². The number of rotatable bonds is 7. The fraction of sp³-hybridized carbons (Fsp3) is 0.263. The highest BCUT2D eigenvalue weighted by Gasteiger charge is 2.24. The lowest BCUT2D eigenvalue weighted by Crippen LogP contribution is -2.31. The molecule has 1 atom stereocenters. The van der Waals surface area contributed by atoms with Gasteiger partial charge in [0.2, 0.25) is 10.0 Å². The summed E-state index contributed by atoms with van der Waals surface area (Å²) in [4.78, 5) is 12.3. The quantitative estimate of drug-likeness (QED) is 0.712. The zero-order chi connectivity index (χ0) is 21.8. The molecule has 1 unspecified atom stereocenters. The molecule has 0 spiro atoms. The molecule has 0 aliphatic rings. The van der Waals surface area contributed by atoms with Crippen molar-refractivity contribution in [3.05, 3.63) is 59.2 Å². The second-order valence-corrected chi connectivity index (χ2v) is 8.03. The molecular formula is C19H19F2N3O4S. The molecule has 0 aliphatic heterocycles. The van der Waals surface area contributed by atoms with E-state index in [9.17, 15) is 27.3 Å². The van der Waals surface area contributed by atoms with Gasteiger partial charge in [-0.3, -0.25) is 4.79 Å². The molecule has 1 amide bonds. The van der Waals surface area contributed by atoms with Gasteiger partial charge in [-0.25, -0.2) is 21.9 Å². The van der Waals surface area contributed by atoms with Crippen LogP contribution in [0.4, 0.5) is 8.78 Å². The molecular weight excluding hydrogens is 404 g/mol. The molecule has 0 saturated carbocycles. The highest BCUT2D eigenvalue weighted by Crippen LogP contribution is 2.26. The molecule has 0 fully saturated rings. The van der Waals surface area contributed by atoms with E-state index in [1.807, 2.05) is 0 Å². The standard InChI is InChI=1S/C19H19F2N3O4S/c1-11(2)24-29(26,27)18-8-12(4-7-17(18)28-3)19(25)23-16(10-22)14-6-5-13(20)9-15(14)21/h4-9,11,16,24H,1-3H3,(H,23,25). The molecule has 29 heavy (non-hydrogen) atoms. The zero-order valence-corrected chi connectivity index (χ0v) is 16.7. The highest BCUT2D eigenvalue weighted by molar-refractivity contribution is 7.89. The monoisotopic (exact) mass is 423 g/mol. The van der Waals surface area contributed by atoms with Crippen LogP contribution in [0.5, 0.6) is 5.75 Å². The Labute approximate surface area is 167 Å². The van der Waals surface area contributed by atoms with Gasteiger partial charge in [0, 0.05) is 23.2 Å². The summed E-state index contributed by atoms with van der Waals surface area (Å²) in [5.74, 6) is -2.60. The maximum absolute atomic E-state index is 13.9. The van der Waals surface area contributed by atoms with Crippen LogP contribution >= 0.6 is 0 Å². The van der Waals surface area contributed by atoms with Crippen molar-refractivity contribution in [2.45, 2.75) is 30.8 Å². The lowest BCUT2D eigenvalue weighted by molar-refractivity contribution is 0.0944. The molecule has 2 N–H and O–H groups in total. The van der Waals surface area contributed by atoms with Crippen LogP contribution in [0, 0.1) is 23.0 Å². The van der Waals surface area contributed by atoms with E-state index in [-0.39, 0.29) is 21.8 Å². The number of amides is 1. The molecule has 0 saturated heterocycles. The van der Waals surface area contributed by atoms with Gasteiger partial charge in [-0.05, 0) is 38.1 Å². The number of nitrogens with zero attached hydrogens (tertiary/aromatic N) is 1. The topological polar surface area (TPSA) is 108 Å². The summed E-state index contributed by atoms with van der Waals surface area (Å²) >= 11 is 0. The van der Waals surface area contributed by atoms with Gasteiger partial charge in [-0.2, -0.15) is 5.26 Å². The SMILES string of the molecule is COc1ccc(C(=O)NC(C#N)c2ccc(F)cc2F)cc1S(=O)(=O)NC(C)C. The molecule has 0 aromatic heterocycles. The average Bonchev–Trinajstić information content (AvgIpc) is 2.64. The first-order valence-corrected chi connectivity index (χ1v) is 9.93. The Balaban J connectivity index is 2.38. The van der Waals surface area contributed by atoms with Crippen molar-refractivity contribution in [1.29, 1.82) is 5.26 Å². The van der Waals surface area contributed by atoms with E-state index >= 15 is 0 Å². The Morgan fingerprint density at radius 1 is 1.17 bits per heavy atom. The van der Waals surface area contributed by atoms with Crippen LogP contribution < -0.4 is 14.8 Å². The van der Waals surface area contributed by atoms with E-state index in [0.717, 1.165) is 18.2 Å². The number of methoxy groups -OCH3 is 1. The second-order valence-electron chi connectivity index (χ2n) is 6.34. The van der Waals surface area contributed by atoms with E-state index in [1.165, 1.54) is 19.2 Å². The first-order chi connectivity index (χ1) is 13.6. The number of nitriles is 1. The fourth-order valence-corrected chi connectivity index (χ4v) is 3.98. The number of carbonyl (C=O) groups excluding carboxylic acids is 1. The normalized spacial score (nSPS) is 12.3. The van der Waals surface area contributed by atoms with E-state index < -0.39 is 39.6 Å². The fourth-order valence-electron chi connectivity index (χ4n) is 2.53. The third-order valence-corrected chi connectivity index (χ3v) is 5.46. The third-order valence-electron chi connectivity index (χ3n) is 3.78. The van der Waals surface area contributed by atoms with Gasteiger partial charge >= 0.3 is 0 Å². The minimum atomic E-state index is -3.98. The van der Waals surface area contributed by atoms with Crippen molar-refractivity contribution in [3.63, 3.8) is 0 Å². The summed E-state index contributed by atoms with van der Waals surface area (Å²) in [5, 5.41) is 11.6. The second kappa shape index (κ2) is 8.98. The molecule has 2 aromatic carbocycles. The van der Waals surface area contributed by atoms with Gasteiger partial charge in [0.15, 0.2) is 0 Å². The largest absolute Gasteiger partial charge is 0.495 e. The van der Waals surface area contributed by atoms with Crippen molar-refractivity contribution in [1.82, 2.24) is 10.0 Å². The predicted octanol–water partition coefficient (Wildman–Crippen LogP) is 2.65. The summed E-state index contributed by atoms with van der Waals surface area (Å²) in [5.41, 5.74) is -0.303. The van der Waals surface area contributed by atoms with Crippen LogP contribution in [0.25, 0.3) is 0 Å². The molecule has 0 radical (unpaired) electrons. The molecule has 154 valence electrons. The summed E-state index contributed by atoms with van der Waals surface area (Å²) in [6.45, 7) is 3.27. The molecule has 0 bridgehead atoms. The Morgan fingerprint density at radius 3 is 2.41 bits per heavy atom. The lowest BCUT2D eigenvalue weighted by atomic mass is 10.1. The van der Waals surface area contributed by atoms with Crippen molar-refractivity contribution >= 4 is 15.9 Å². The van der Waals surface area contributed by atoms with Crippen LogP contribution in [0.2, 0.25) is 0 Å². The summed E-state index contributed by atoms with van der Waals surface area (Å²) in [6.07, 6.45) is 0. The van der Waals surface area contributed by atoms with E-state index in [4.69, 9.17) is 4.74 Å². The van der Waals surface area contributed by atoms with Crippen molar-refractivity contribution in [2.75, 3.05) is 7.11 Å². The highest BCUT2D eigenvalue weighted by atomic mass is 32.2. The number of nitrogens with one attached hydrogen (secondary N) is 2. The Bertz CT molecular complexity index is 1070. The van der Waals surface area contributed by atoms with Gasteiger partial charge in [0.1, 0.15) is 28.3 Å². The van der Waals surface area contributed by atoms with Crippen LogP contribution in [0.3, 0.4) is 0 Å². The number of carbonyl (C=O) groups is 1. The molecule has 2 aromatic rings. The molecule has 2 rings (SSSR count). The van der Waals surface area contributed by atoms with E-state index in [0.29, 0.717) is 6.07 Å². The number of halogens is 2. The smallest absolute Gasteiger partial charge is 0.252 e. The van der Waals surface area contributed by atoms with Crippen LogP contribution in [-0.2, 0) is 10.0 Å². The first-order valence-electron chi connectivity index (χ1n) is 8.45. The third kappa shape index (κ3) is 5.28. The number of hydrogen-bond acceptors (Lipinski definition) is 5. The van der Waals surface area contributed by atoms with Gasteiger partial charge in [0.05, 0.1) is 13.2 Å². The molecule has 0 heterocycles. The van der Waals surface area contributed by atoms with Crippen molar-refractivity contribution < 1.29 is 26.7 Å². The van der Waals surface area contributed by atoms with E-state index in [1.54, 1.807) is 19.9 Å². The summed E-state index contributed by atoms with van der Waals surface area (Å²) in [6, 6.07) is 6.23. The lowest BCUT2D eigenvalue weighted by Gasteiger charge is -2.16. The zero-order valence-electron chi connectivity index (χ0n) is 15.9. The van der Waals surface area contributed by atoms with Gasteiger partial charge in [0.25, 0.3) is 5.91 Å². The van der Waals surface area contributed by atoms with Crippen LogP contribution in [0.15, 0.2) is 41.3 Å². The first kappa shape index (κ1) is 22.3. The predicted molar refractivity (Wildman–Crippen MR) is 101 cm³/mol. The number of hydrogen-bond donors (Lipinski definition) is 2. The molecule has 10 heteroatoms. The molecule has 7 nitrogen and oxygen atoms in total. The minimum absolute atomic E-state index is 0.0242. The number of sulfonamides is 1. The van der Waals surface area contributed by atoms with E-state index in [2.05, 4.69) is 10.0 Å². The Morgan fingerprint density at radius 2 is 1.86 bits per heavy atom. The summed E-state index contributed by atoms with van der Waals surface area (Å²) < 4.78 is 59.5. The van der Waals surface area contributed by atoms with Crippen LogP contribution in [0.1, 0.15) is 35.8 Å².